The summed E-state index contributed by atoms with van der Waals surface area (Å²) in [4.78, 5) is 11.7. The van der Waals surface area contributed by atoms with E-state index in [-0.39, 0.29) is 11.3 Å². The number of benzene rings is 1. The summed E-state index contributed by atoms with van der Waals surface area (Å²) in [6, 6.07) is 6.19. The zero-order chi connectivity index (χ0) is 12.1. The lowest BCUT2D eigenvalue weighted by Crippen LogP contribution is -2.33. The van der Waals surface area contributed by atoms with Gasteiger partial charge in [-0.2, -0.15) is 5.26 Å². The van der Waals surface area contributed by atoms with Gasteiger partial charge in [-0.1, -0.05) is 6.92 Å². The average molecular weight is 330 g/mol. The van der Waals surface area contributed by atoms with E-state index in [0.717, 1.165) is 3.57 Å². The van der Waals surface area contributed by atoms with Crippen LogP contribution in [0.1, 0.15) is 23.7 Å². The molecule has 0 radical (unpaired) electrons. The summed E-state index contributed by atoms with van der Waals surface area (Å²) < 4.78 is 0.852. The van der Waals surface area contributed by atoms with Gasteiger partial charge in [-0.05, 0) is 47.2 Å². The molecule has 0 aliphatic carbocycles. The normalized spacial score (nSPS) is 11.6. The van der Waals surface area contributed by atoms with Crippen LogP contribution < -0.4 is 5.32 Å². The number of nitrogens with one attached hydrogen (secondary N) is 1. The van der Waals surface area contributed by atoms with Gasteiger partial charge < -0.3 is 10.4 Å². The number of phenolic OH excluding ortho intramolecular Hbond substituents is 1. The van der Waals surface area contributed by atoms with Crippen molar-refractivity contribution in [2.45, 2.75) is 19.4 Å². The second-order valence-corrected chi connectivity index (χ2v) is 4.47. The van der Waals surface area contributed by atoms with Gasteiger partial charge in [0.1, 0.15) is 11.8 Å². The Balaban J connectivity index is 2.89. The van der Waals surface area contributed by atoms with Crippen LogP contribution in [0.15, 0.2) is 18.2 Å². The minimum absolute atomic E-state index is 0.0780. The molecule has 0 saturated heterocycles. The van der Waals surface area contributed by atoms with E-state index < -0.39 is 11.9 Å². The number of hydrogen-bond donors (Lipinski definition) is 2. The highest BCUT2D eigenvalue weighted by Gasteiger charge is 2.14. The Kier molecular flexibility index (Phi) is 4.55. The Morgan fingerprint density at radius 1 is 1.69 bits per heavy atom. The first-order valence-corrected chi connectivity index (χ1v) is 5.85. The monoisotopic (exact) mass is 330 g/mol. The van der Waals surface area contributed by atoms with Gasteiger partial charge in [0.15, 0.2) is 0 Å². The van der Waals surface area contributed by atoms with Gasteiger partial charge in [0.25, 0.3) is 5.91 Å². The molecule has 1 amide bonds. The van der Waals surface area contributed by atoms with Gasteiger partial charge in [-0.3, -0.25) is 4.79 Å². The molecular weight excluding hydrogens is 319 g/mol. The summed E-state index contributed by atoms with van der Waals surface area (Å²) in [6.45, 7) is 1.81. The molecule has 0 bridgehead atoms. The summed E-state index contributed by atoms with van der Waals surface area (Å²) in [5.41, 5.74) is 0.195. The molecule has 2 N–H and O–H groups in total. The molecule has 1 aromatic rings. The maximum Gasteiger partial charge on any atom is 0.256 e. The number of hydrogen-bond acceptors (Lipinski definition) is 3. The minimum atomic E-state index is -0.523. The van der Waals surface area contributed by atoms with Crippen molar-refractivity contribution < 1.29 is 9.90 Å². The molecule has 16 heavy (non-hydrogen) atoms. The third-order valence-corrected chi connectivity index (χ3v) is 2.74. The summed E-state index contributed by atoms with van der Waals surface area (Å²) >= 11 is 2.05. The summed E-state index contributed by atoms with van der Waals surface area (Å²) in [5, 5.41) is 20.8. The fourth-order valence-electron chi connectivity index (χ4n) is 1.15. The second-order valence-electron chi connectivity index (χ2n) is 3.22. The molecule has 84 valence electrons. The fourth-order valence-corrected chi connectivity index (χ4v) is 1.64. The summed E-state index contributed by atoms with van der Waals surface area (Å²) in [7, 11) is 0. The topological polar surface area (TPSA) is 73.1 Å². The molecular formula is C11H11IN2O2. The maximum atomic E-state index is 11.7. The highest BCUT2D eigenvalue weighted by molar-refractivity contribution is 14.1. The third-order valence-electron chi connectivity index (χ3n) is 2.07. The molecule has 0 aliphatic heterocycles. The average Bonchev–Trinajstić information content (AvgIpc) is 2.28. The Hall–Kier alpha value is -1.29. The van der Waals surface area contributed by atoms with Gasteiger partial charge in [0, 0.05) is 3.57 Å². The molecule has 0 unspecified atom stereocenters. The standard InChI is InChI=1S/C11H11IN2O2/c1-2-8(6-13)14-11(16)9-5-7(12)3-4-10(9)15/h3-5,8,15H,2H2,1H3,(H,14,16)/t8-/m0/s1. The number of nitrogens with zero attached hydrogens (tertiary/aromatic N) is 1. The largest absolute Gasteiger partial charge is 0.507 e. The summed E-state index contributed by atoms with van der Waals surface area (Å²) in [5.74, 6) is -0.505. The van der Waals surface area contributed by atoms with Crippen LogP contribution in [-0.4, -0.2) is 17.1 Å². The first-order valence-electron chi connectivity index (χ1n) is 4.77. The SMILES string of the molecule is CC[C@@H](C#N)NC(=O)c1cc(I)ccc1O. The Bertz CT molecular complexity index is 440. The number of amides is 1. The number of nitriles is 1. The smallest absolute Gasteiger partial charge is 0.256 e. The van der Waals surface area contributed by atoms with E-state index in [1.165, 1.54) is 6.07 Å². The van der Waals surface area contributed by atoms with Crippen molar-refractivity contribution in [3.63, 3.8) is 0 Å². The number of phenols is 1. The lowest BCUT2D eigenvalue weighted by Gasteiger charge is -2.10. The lowest BCUT2D eigenvalue weighted by molar-refractivity contribution is 0.0942. The highest BCUT2D eigenvalue weighted by Crippen LogP contribution is 2.19. The van der Waals surface area contributed by atoms with Gasteiger partial charge in [0.2, 0.25) is 0 Å². The fraction of sp³-hybridized carbons (Fsp3) is 0.273. The molecule has 0 spiro atoms. The zero-order valence-corrected chi connectivity index (χ0v) is 10.9. The molecule has 0 aromatic heterocycles. The Morgan fingerprint density at radius 3 is 2.94 bits per heavy atom. The van der Waals surface area contributed by atoms with E-state index in [1.54, 1.807) is 12.1 Å². The molecule has 1 rings (SSSR count). The maximum absolute atomic E-state index is 11.7. The van der Waals surface area contributed by atoms with E-state index in [1.807, 2.05) is 13.0 Å². The molecule has 0 heterocycles. The van der Waals surface area contributed by atoms with Gasteiger partial charge in [0.05, 0.1) is 11.6 Å². The Labute approximate surface area is 107 Å². The van der Waals surface area contributed by atoms with Crippen molar-refractivity contribution in [2.75, 3.05) is 0 Å². The quantitative estimate of drug-likeness (QED) is 0.833. The molecule has 0 fully saturated rings. The molecule has 0 aliphatic rings. The second kappa shape index (κ2) is 5.70. The lowest BCUT2D eigenvalue weighted by atomic mass is 10.1. The van der Waals surface area contributed by atoms with E-state index in [2.05, 4.69) is 27.9 Å². The molecule has 5 heteroatoms. The first-order chi connectivity index (χ1) is 7.58. The van der Waals surface area contributed by atoms with Crippen LogP contribution in [0.2, 0.25) is 0 Å². The van der Waals surface area contributed by atoms with Gasteiger partial charge in [-0.25, -0.2) is 0 Å². The molecule has 0 saturated carbocycles. The van der Waals surface area contributed by atoms with E-state index in [4.69, 9.17) is 5.26 Å². The van der Waals surface area contributed by atoms with Crippen LogP contribution in [0.5, 0.6) is 5.75 Å². The zero-order valence-electron chi connectivity index (χ0n) is 8.70. The van der Waals surface area contributed by atoms with Crippen LogP contribution >= 0.6 is 22.6 Å². The van der Waals surface area contributed by atoms with Crippen molar-refractivity contribution in [3.8, 4) is 11.8 Å². The molecule has 4 nitrogen and oxygen atoms in total. The number of halogens is 1. The van der Waals surface area contributed by atoms with Gasteiger partial charge in [-0.15, -0.1) is 0 Å². The van der Waals surface area contributed by atoms with Crippen molar-refractivity contribution in [2.24, 2.45) is 0 Å². The predicted molar refractivity (Wildman–Crippen MR) is 68.0 cm³/mol. The van der Waals surface area contributed by atoms with E-state index >= 15 is 0 Å². The number of carbonyl (C=O) groups is 1. The van der Waals surface area contributed by atoms with Crippen molar-refractivity contribution >= 4 is 28.5 Å². The van der Waals surface area contributed by atoms with Crippen LogP contribution in [0.3, 0.4) is 0 Å². The number of carbonyl (C=O) groups excluding carboxylic acids is 1. The highest BCUT2D eigenvalue weighted by atomic mass is 127. The van der Waals surface area contributed by atoms with Crippen LogP contribution in [0.4, 0.5) is 0 Å². The molecule has 1 atom stereocenters. The van der Waals surface area contributed by atoms with Crippen molar-refractivity contribution in [1.82, 2.24) is 5.32 Å². The third kappa shape index (κ3) is 3.10. The van der Waals surface area contributed by atoms with Crippen molar-refractivity contribution in [1.29, 1.82) is 5.26 Å². The van der Waals surface area contributed by atoms with Gasteiger partial charge >= 0.3 is 0 Å². The number of rotatable bonds is 3. The van der Waals surface area contributed by atoms with Crippen molar-refractivity contribution in [3.05, 3.63) is 27.3 Å². The minimum Gasteiger partial charge on any atom is -0.507 e. The van der Waals surface area contributed by atoms with Crippen LogP contribution in [-0.2, 0) is 0 Å². The summed E-state index contributed by atoms with van der Waals surface area (Å²) in [6.07, 6.45) is 0.535. The molecule has 1 aromatic carbocycles. The Morgan fingerprint density at radius 2 is 2.38 bits per heavy atom. The van der Waals surface area contributed by atoms with Crippen LogP contribution in [0.25, 0.3) is 0 Å². The van der Waals surface area contributed by atoms with Crippen LogP contribution in [0, 0.1) is 14.9 Å². The predicted octanol–water partition coefficient (Wildman–Crippen LogP) is 2.03. The van der Waals surface area contributed by atoms with E-state index in [9.17, 15) is 9.90 Å². The van der Waals surface area contributed by atoms with E-state index in [0.29, 0.717) is 6.42 Å². The number of aromatic hydroxyl groups is 1. The first kappa shape index (κ1) is 12.8.